The number of benzene rings is 2. The molecule has 2 heterocycles. The van der Waals surface area contributed by atoms with E-state index in [4.69, 9.17) is 10.5 Å². The Morgan fingerprint density at radius 2 is 1.90 bits per heavy atom. The summed E-state index contributed by atoms with van der Waals surface area (Å²) in [6, 6.07) is 14.8. The fourth-order valence-corrected chi connectivity index (χ4v) is 3.09. The summed E-state index contributed by atoms with van der Waals surface area (Å²) in [4.78, 5) is 40.7. The molecule has 0 unspecified atom stereocenters. The quantitative estimate of drug-likeness (QED) is 0.465. The molecule has 0 aliphatic carbocycles. The van der Waals surface area contributed by atoms with Crippen molar-refractivity contribution in [2.75, 3.05) is 12.0 Å². The maximum atomic E-state index is 13.3. The lowest BCUT2D eigenvalue weighted by Crippen LogP contribution is -2.33. The van der Waals surface area contributed by atoms with Gasteiger partial charge in [0.1, 0.15) is 11.4 Å². The van der Waals surface area contributed by atoms with Crippen LogP contribution in [0.2, 0.25) is 0 Å². The molecule has 0 aliphatic heterocycles. The molecule has 0 spiro atoms. The summed E-state index contributed by atoms with van der Waals surface area (Å²) < 4.78 is 5.41. The first-order valence-electron chi connectivity index (χ1n) is 8.80. The summed E-state index contributed by atoms with van der Waals surface area (Å²) in [5.74, 6) is -0.350. The van der Waals surface area contributed by atoms with Crippen molar-refractivity contribution >= 4 is 28.8 Å². The van der Waals surface area contributed by atoms with Crippen LogP contribution in [0.25, 0.3) is 11.0 Å². The molecular weight excluding hydrogens is 372 g/mol. The highest BCUT2D eigenvalue weighted by atomic mass is 16.5. The minimum atomic E-state index is -0.771. The Bertz CT molecular complexity index is 1160. The van der Waals surface area contributed by atoms with Crippen LogP contribution >= 0.6 is 0 Å². The molecule has 0 radical (unpaired) electrons. The first-order valence-corrected chi connectivity index (χ1v) is 8.80. The van der Waals surface area contributed by atoms with Crippen LogP contribution < -0.4 is 15.4 Å². The summed E-state index contributed by atoms with van der Waals surface area (Å²) in [6.45, 7) is 0.147. The summed E-state index contributed by atoms with van der Waals surface area (Å²) in [7, 11) is 1.56. The van der Waals surface area contributed by atoms with Crippen LogP contribution in [0, 0.1) is 0 Å². The van der Waals surface area contributed by atoms with Crippen molar-refractivity contribution in [1.29, 1.82) is 0 Å². The number of nitrogens with two attached hydrogens (primary N) is 1. The summed E-state index contributed by atoms with van der Waals surface area (Å²) >= 11 is 0. The molecule has 29 heavy (non-hydrogen) atoms. The number of nitrogens with one attached hydrogen (secondary N) is 2. The van der Waals surface area contributed by atoms with Crippen molar-refractivity contribution in [1.82, 2.24) is 19.9 Å². The van der Waals surface area contributed by atoms with Crippen molar-refractivity contribution in [2.24, 2.45) is 5.73 Å². The Kier molecular flexibility index (Phi) is 4.70. The van der Waals surface area contributed by atoms with Crippen LogP contribution in [0.15, 0.2) is 54.9 Å². The molecule has 2 aromatic carbocycles. The number of methoxy groups -OCH3 is 1. The van der Waals surface area contributed by atoms with Crippen LogP contribution in [0.3, 0.4) is 0 Å². The van der Waals surface area contributed by atoms with Gasteiger partial charge in [0.05, 0.1) is 31.0 Å². The summed E-state index contributed by atoms with van der Waals surface area (Å²) in [5, 5.41) is 0. The van der Waals surface area contributed by atoms with Crippen LogP contribution in [0.5, 0.6) is 5.75 Å². The molecule has 146 valence electrons. The van der Waals surface area contributed by atoms with E-state index in [1.165, 1.54) is 11.2 Å². The van der Waals surface area contributed by atoms with Crippen LogP contribution in [-0.2, 0) is 6.54 Å². The van der Waals surface area contributed by atoms with Crippen molar-refractivity contribution in [3.8, 4) is 5.75 Å². The second-order valence-corrected chi connectivity index (χ2v) is 6.27. The Hall–Kier alpha value is -4.14. The van der Waals surface area contributed by atoms with E-state index >= 15 is 0 Å². The van der Waals surface area contributed by atoms with Gasteiger partial charge in [-0.15, -0.1) is 0 Å². The van der Waals surface area contributed by atoms with Gasteiger partial charge in [-0.2, -0.15) is 0 Å². The van der Waals surface area contributed by atoms with Crippen molar-refractivity contribution in [2.45, 2.75) is 6.54 Å². The second kappa shape index (κ2) is 7.47. The zero-order chi connectivity index (χ0) is 20.4. The number of rotatable bonds is 6. The minimum Gasteiger partial charge on any atom is -0.496 e. The predicted molar refractivity (Wildman–Crippen MR) is 107 cm³/mol. The lowest BCUT2D eigenvalue weighted by Gasteiger charge is -2.20. The first-order chi connectivity index (χ1) is 14.1. The molecule has 0 atom stereocenters. The number of aromatic amines is 2. The third-order valence-electron chi connectivity index (χ3n) is 4.49. The van der Waals surface area contributed by atoms with Crippen molar-refractivity contribution in [3.63, 3.8) is 0 Å². The third kappa shape index (κ3) is 3.41. The van der Waals surface area contributed by atoms with Crippen molar-refractivity contribution < 1.29 is 14.3 Å². The number of ether oxygens (including phenoxy) is 1. The number of amides is 2. The highest BCUT2D eigenvalue weighted by molar-refractivity contribution is 6.10. The number of nitrogens with zero attached hydrogens (tertiary/aromatic N) is 3. The number of carbonyl (C=O) groups excluding carboxylic acids is 2. The Balaban J connectivity index is 1.81. The fourth-order valence-electron chi connectivity index (χ4n) is 3.09. The minimum absolute atomic E-state index is 0.0591. The predicted octanol–water partition coefficient (Wildman–Crippen LogP) is 2.24. The molecule has 4 aromatic rings. The van der Waals surface area contributed by atoms with Gasteiger partial charge in [-0.3, -0.25) is 14.5 Å². The average molecular weight is 390 g/mol. The molecule has 2 amide bonds. The van der Waals surface area contributed by atoms with E-state index in [9.17, 15) is 9.59 Å². The fraction of sp³-hybridized carbons (Fsp3) is 0.100. The monoisotopic (exact) mass is 390 g/mol. The number of H-pyrrole nitrogens is 2. The highest BCUT2D eigenvalue weighted by Gasteiger charge is 2.28. The van der Waals surface area contributed by atoms with Gasteiger partial charge in [-0.25, -0.2) is 9.97 Å². The number of para-hydroxylation sites is 3. The van der Waals surface area contributed by atoms with Crippen LogP contribution in [0.4, 0.5) is 5.95 Å². The molecule has 9 nitrogen and oxygen atoms in total. The van der Waals surface area contributed by atoms with E-state index in [0.717, 1.165) is 11.1 Å². The number of carbonyl (C=O) groups is 2. The largest absolute Gasteiger partial charge is 0.496 e. The van der Waals surface area contributed by atoms with E-state index in [-0.39, 0.29) is 17.9 Å². The van der Waals surface area contributed by atoms with E-state index in [2.05, 4.69) is 19.9 Å². The normalized spacial score (nSPS) is 10.8. The van der Waals surface area contributed by atoms with E-state index in [0.29, 0.717) is 17.2 Å². The van der Waals surface area contributed by atoms with Crippen LogP contribution in [-0.4, -0.2) is 38.9 Å². The summed E-state index contributed by atoms with van der Waals surface area (Å²) in [6.07, 6.45) is 1.26. The molecule has 0 saturated heterocycles. The lowest BCUT2D eigenvalue weighted by atomic mass is 10.1. The Labute approximate surface area is 165 Å². The number of aromatic nitrogens is 4. The Morgan fingerprint density at radius 3 is 2.66 bits per heavy atom. The van der Waals surface area contributed by atoms with Gasteiger partial charge in [0.25, 0.3) is 11.8 Å². The van der Waals surface area contributed by atoms with E-state index in [1.54, 1.807) is 13.2 Å². The molecule has 0 bridgehead atoms. The molecule has 0 aliphatic rings. The van der Waals surface area contributed by atoms with Gasteiger partial charge in [-0.1, -0.05) is 30.3 Å². The summed E-state index contributed by atoms with van der Waals surface area (Å²) in [5.41, 5.74) is 7.48. The van der Waals surface area contributed by atoms with E-state index in [1.807, 2.05) is 42.5 Å². The van der Waals surface area contributed by atoms with Gasteiger partial charge in [0.2, 0.25) is 5.95 Å². The molecule has 2 aromatic heterocycles. The van der Waals surface area contributed by atoms with E-state index < -0.39 is 11.8 Å². The zero-order valence-corrected chi connectivity index (χ0v) is 15.5. The molecule has 0 fully saturated rings. The maximum Gasteiger partial charge on any atom is 0.281 e. The number of hydrogen-bond acceptors (Lipinski definition) is 5. The maximum absolute atomic E-state index is 13.3. The highest BCUT2D eigenvalue weighted by Crippen LogP contribution is 2.25. The first kappa shape index (κ1) is 18.2. The molecule has 4 N–H and O–H groups in total. The molecular formula is C20H18N6O3. The van der Waals surface area contributed by atoms with Gasteiger partial charge in [0, 0.05) is 5.56 Å². The smallest absolute Gasteiger partial charge is 0.281 e. The SMILES string of the molecule is COc1ccccc1CN(C(=O)c1nc[nH]c1C(N)=O)c1nc2ccccc2[nH]1. The van der Waals surface area contributed by atoms with Gasteiger partial charge in [-0.05, 0) is 18.2 Å². The van der Waals surface area contributed by atoms with Gasteiger partial charge >= 0.3 is 0 Å². The number of primary amides is 1. The Morgan fingerprint density at radius 1 is 1.14 bits per heavy atom. The lowest BCUT2D eigenvalue weighted by molar-refractivity contribution is 0.0953. The molecule has 0 saturated carbocycles. The zero-order valence-electron chi connectivity index (χ0n) is 15.5. The molecule has 9 heteroatoms. The number of fused-ring (bicyclic) bond motifs is 1. The van der Waals surface area contributed by atoms with Crippen molar-refractivity contribution in [3.05, 3.63) is 71.8 Å². The topological polar surface area (TPSA) is 130 Å². The average Bonchev–Trinajstić information content (AvgIpc) is 3.38. The number of imidazole rings is 2. The standard InChI is InChI=1S/C20H18N6O3/c1-29-15-9-5-2-6-12(15)10-26(19(28)17-16(18(21)27)22-11-23-17)20-24-13-7-3-4-8-14(13)25-20/h2-9,11H,10H2,1H3,(H2,21,27)(H,22,23)(H,24,25). The number of hydrogen-bond donors (Lipinski definition) is 3. The van der Waals surface area contributed by atoms with Crippen LogP contribution in [0.1, 0.15) is 26.5 Å². The molecule has 4 rings (SSSR count). The van der Waals surface area contributed by atoms with Gasteiger partial charge in [0.15, 0.2) is 5.69 Å². The second-order valence-electron chi connectivity index (χ2n) is 6.27. The van der Waals surface area contributed by atoms with Gasteiger partial charge < -0.3 is 20.4 Å². The third-order valence-corrected chi connectivity index (χ3v) is 4.49. The number of anilines is 1.